The zero-order valence-corrected chi connectivity index (χ0v) is 7.82. The number of nitrogens with two attached hydrogens (primary N) is 1. The number of aryl methyl sites for hydroxylation is 1. The Bertz CT molecular complexity index is 237. The summed E-state index contributed by atoms with van der Waals surface area (Å²) in [7, 11) is 0. The molecule has 1 aromatic rings. The van der Waals surface area contributed by atoms with Crippen molar-refractivity contribution in [1.29, 1.82) is 0 Å². The van der Waals surface area contributed by atoms with Crippen LogP contribution in [0.15, 0.2) is 4.52 Å². The number of hydrogen-bond donors (Lipinski definition) is 1. The standard InChI is InChI=1S/C8H15N3O2/c1-2-3-8-10-7(11-13-8)6-12-5-4-9/h2-6,9H2,1H3. The van der Waals surface area contributed by atoms with E-state index in [9.17, 15) is 0 Å². The molecule has 5 nitrogen and oxygen atoms in total. The summed E-state index contributed by atoms with van der Waals surface area (Å²) >= 11 is 0. The summed E-state index contributed by atoms with van der Waals surface area (Å²) in [5.74, 6) is 1.27. The minimum atomic E-state index is 0.379. The van der Waals surface area contributed by atoms with Crippen LogP contribution in [-0.4, -0.2) is 23.3 Å². The molecule has 0 unspecified atom stereocenters. The molecule has 1 aromatic heterocycles. The predicted octanol–water partition coefficient (Wildman–Crippen LogP) is 0.497. The average molecular weight is 185 g/mol. The fourth-order valence-electron chi connectivity index (χ4n) is 0.911. The molecule has 0 atom stereocenters. The lowest BCUT2D eigenvalue weighted by atomic mass is 10.3. The van der Waals surface area contributed by atoms with E-state index in [1.54, 1.807) is 0 Å². The second-order valence-electron chi connectivity index (χ2n) is 2.70. The maximum atomic E-state index is 5.26. The molecule has 0 spiro atoms. The third kappa shape index (κ3) is 3.52. The van der Waals surface area contributed by atoms with Gasteiger partial charge in [-0.25, -0.2) is 0 Å². The molecule has 0 aliphatic rings. The SMILES string of the molecule is CCCc1nc(COCCN)no1. The summed E-state index contributed by atoms with van der Waals surface area (Å²) in [5.41, 5.74) is 5.26. The number of nitrogens with zero attached hydrogens (tertiary/aromatic N) is 2. The minimum Gasteiger partial charge on any atom is -0.372 e. The molecule has 5 heteroatoms. The molecule has 0 amide bonds. The lowest BCUT2D eigenvalue weighted by molar-refractivity contribution is 0.120. The summed E-state index contributed by atoms with van der Waals surface area (Å²) in [6.45, 7) is 3.48. The van der Waals surface area contributed by atoms with E-state index in [1.807, 2.05) is 0 Å². The number of ether oxygens (including phenoxy) is 1. The van der Waals surface area contributed by atoms with Gasteiger partial charge in [0.1, 0.15) is 6.61 Å². The fourth-order valence-corrected chi connectivity index (χ4v) is 0.911. The van der Waals surface area contributed by atoms with Crippen LogP contribution < -0.4 is 5.73 Å². The Balaban J connectivity index is 2.31. The highest BCUT2D eigenvalue weighted by atomic mass is 16.5. The van der Waals surface area contributed by atoms with Crippen molar-refractivity contribution < 1.29 is 9.26 Å². The average Bonchev–Trinajstić information content (AvgIpc) is 2.54. The van der Waals surface area contributed by atoms with Crippen molar-refractivity contribution in [1.82, 2.24) is 10.1 Å². The lowest BCUT2D eigenvalue weighted by Crippen LogP contribution is -2.08. The zero-order chi connectivity index (χ0) is 9.52. The Morgan fingerprint density at radius 1 is 1.54 bits per heavy atom. The van der Waals surface area contributed by atoms with E-state index in [1.165, 1.54) is 0 Å². The first kappa shape index (κ1) is 10.1. The Labute approximate surface area is 77.3 Å². The molecule has 0 radical (unpaired) electrons. The normalized spacial score (nSPS) is 10.6. The monoisotopic (exact) mass is 185 g/mol. The largest absolute Gasteiger partial charge is 0.372 e. The van der Waals surface area contributed by atoms with Crippen molar-refractivity contribution in [2.75, 3.05) is 13.2 Å². The molecule has 13 heavy (non-hydrogen) atoms. The Morgan fingerprint density at radius 3 is 3.08 bits per heavy atom. The number of rotatable bonds is 6. The summed E-state index contributed by atoms with van der Waals surface area (Å²) < 4.78 is 10.1. The van der Waals surface area contributed by atoms with Crippen LogP contribution in [0, 0.1) is 0 Å². The van der Waals surface area contributed by atoms with E-state index in [0.29, 0.717) is 31.5 Å². The highest BCUT2D eigenvalue weighted by molar-refractivity contribution is 4.84. The van der Waals surface area contributed by atoms with Crippen LogP contribution in [0.1, 0.15) is 25.1 Å². The number of hydrogen-bond acceptors (Lipinski definition) is 5. The van der Waals surface area contributed by atoms with Crippen LogP contribution in [0.5, 0.6) is 0 Å². The van der Waals surface area contributed by atoms with Crippen molar-refractivity contribution in [2.45, 2.75) is 26.4 Å². The predicted molar refractivity (Wildman–Crippen MR) is 47.0 cm³/mol. The quantitative estimate of drug-likeness (QED) is 0.653. The lowest BCUT2D eigenvalue weighted by Gasteiger charge is -1.95. The summed E-state index contributed by atoms with van der Waals surface area (Å²) in [6, 6.07) is 0. The van der Waals surface area contributed by atoms with E-state index in [-0.39, 0.29) is 0 Å². The summed E-state index contributed by atoms with van der Waals surface area (Å²) in [5, 5.41) is 3.75. The van der Waals surface area contributed by atoms with Gasteiger partial charge < -0.3 is 15.0 Å². The van der Waals surface area contributed by atoms with Gasteiger partial charge in [0.05, 0.1) is 6.61 Å². The summed E-state index contributed by atoms with van der Waals surface area (Å²) in [6.07, 6.45) is 1.83. The fraction of sp³-hybridized carbons (Fsp3) is 0.750. The molecule has 0 saturated carbocycles. The van der Waals surface area contributed by atoms with Gasteiger partial charge in [0.25, 0.3) is 0 Å². The van der Waals surface area contributed by atoms with Gasteiger partial charge in [-0.2, -0.15) is 4.98 Å². The molecule has 1 heterocycles. The molecule has 1 rings (SSSR count). The molecule has 0 aliphatic heterocycles. The van der Waals surface area contributed by atoms with Gasteiger partial charge in [-0.1, -0.05) is 12.1 Å². The Morgan fingerprint density at radius 2 is 2.38 bits per heavy atom. The highest BCUT2D eigenvalue weighted by Crippen LogP contribution is 2.01. The van der Waals surface area contributed by atoms with Crippen LogP contribution in [0.4, 0.5) is 0 Å². The molecular formula is C8H15N3O2. The van der Waals surface area contributed by atoms with E-state index in [2.05, 4.69) is 17.1 Å². The van der Waals surface area contributed by atoms with Gasteiger partial charge in [-0.05, 0) is 6.42 Å². The zero-order valence-electron chi connectivity index (χ0n) is 7.82. The molecule has 74 valence electrons. The topological polar surface area (TPSA) is 74.2 Å². The van der Waals surface area contributed by atoms with Gasteiger partial charge in [0.15, 0.2) is 5.82 Å². The molecule has 2 N–H and O–H groups in total. The molecule has 0 aromatic carbocycles. The maximum absolute atomic E-state index is 5.26. The van der Waals surface area contributed by atoms with Gasteiger partial charge in [0, 0.05) is 13.0 Å². The van der Waals surface area contributed by atoms with Crippen LogP contribution in [0.2, 0.25) is 0 Å². The van der Waals surface area contributed by atoms with Gasteiger partial charge in [0.2, 0.25) is 5.89 Å². The Kier molecular flexibility index (Phi) is 4.42. The first-order valence-electron chi connectivity index (χ1n) is 4.46. The van der Waals surface area contributed by atoms with E-state index in [0.717, 1.165) is 12.8 Å². The minimum absolute atomic E-state index is 0.379. The van der Waals surface area contributed by atoms with Gasteiger partial charge in [-0.15, -0.1) is 0 Å². The Hall–Kier alpha value is -0.940. The number of aromatic nitrogens is 2. The first-order valence-corrected chi connectivity index (χ1v) is 4.46. The highest BCUT2D eigenvalue weighted by Gasteiger charge is 2.04. The third-order valence-electron chi connectivity index (χ3n) is 1.47. The molecule has 0 fully saturated rings. The van der Waals surface area contributed by atoms with Crippen molar-refractivity contribution in [3.63, 3.8) is 0 Å². The first-order chi connectivity index (χ1) is 6.36. The molecular weight excluding hydrogens is 170 g/mol. The van der Waals surface area contributed by atoms with Crippen molar-refractivity contribution in [2.24, 2.45) is 5.73 Å². The molecule has 0 bridgehead atoms. The van der Waals surface area contributed by atoms with Crippen LogP contribution in [-0.2, 0) is 17.8 Å². The van der Waals surface area contributed by atoms with Crippen molar-refractivity contribution >= 4 is 0 Å². The van der Waals surface area contributed by atoms with Crippen molar-refractivity contribution in [3.05, 3.63) is 11.7 Å². The van der Waals surface area contributed by atoms with Crippen LogP contribution >= 0.6 is 0 Å². The van der Waals surface area contributed by atoms with Crippen LogP contribution in [0.25, 0.3) is 0 Å². The van der Waals surface area contributed by atoms with Crippen LogP contribution in [0.3, 0.4) is 0 Å². The van der Waals surface area contributed by atoms with E-state index >= 15 is 0 Å². The third-order valence-corrected chi connectivity index (χ3v) is 1.47. The second kappa shape index (κ2) is 5.66. The second-order valence-corrected chi connectivity index (χ2v) is 2.70. The van der Waals surface area contributed by atoms with Gasteiger partial charge in [-0.3, -0.25) is 0 Å². The van der Waals surface area contributed by atoms with E-state index < -0.39 is 0 Å². The van der Waals surface area contributed by atoms with Crippen molar-refractivity contribution in [3.8, 4) is 0 Å². The maximum Gasteiger partial charge on any atom is 0.226 e. The smallest absolute Gasteiger partial charge is 0.226 e. The van der Waals surface area contributed by atoms with E-state index in [4.69, 9.17) is 15.0 Å². The molecule has 0 saturated heterocycles. The van der Waals surface area contributed by atoms with Gasteiger partial charge >= 0.3 is 0 Å². The summed E-state index contributed by atoms with van der Waals surface area (Å²) in [4.78, 5) is 4.13. The molecule has 0 aliphatic carbocycles.